The zero-order chi connectivity index (χ0) is 17.5. The highest BCUT2D eigenvalue weighted by atomic mass is 32.2. The lowest BCUT2D eigenvalue weighted by molar-refractivity contribution is 0.0783. The molecule has 0 unspecified atom stereocenters. The summed E-state index contributed by atoms with van der Waals surface area (Å²) in [4.78, 5) is 14.4. The summed E-state index contributed by atoms with van der Waals surface area (Å²) < 4.78 is 27.3. The van der Waals surface area contributed by atoms with Crippen LogP contribution in [0.3, 0.4) is 0 Å². The summed E-state index contributed by atoms with van der Waals surface area (Å²) in [6.45, 7) is 4.93. The van der Waals surface area contributed by atoms with Gasteiger partial charge < -0.3 is 4.90 Å². The number of amides is 1. The lowest BCUT2D eigenvalue weighted by atomic mass is 9.92. The first kappa shape index (κ1) is 16.8. The first-order chi connectivity index (χ1) is 11.2. The molecule has 1 amide bonds. The van der Waals surface area contributed by atoms with Gasteiger partial charge in [-0.05, 0) is 34.4 Å². The normalized spacial score (nSPS) is 21.8. The van der Waals surface area contributed by atoms with E-state index in [0.29, 0.717) is 24.3 Å². The maximum absolute atomic E-state index is 12.8. The third-order valence-corrected chi connectivity index (χ3v) is 5.05. The molecule has 10 heteroatoms. The molecule has 0 radical (unpaired) electrons. The Labute approximate surface area is 140 Å². The van der Waals surface area contributed by atoms with Crippen LogP contribution in [0.25, 0.3) is 5.65 Å². The Morgan fingerprint density at radius 1 is 1.38 bits per heavy atom. The summed E-state index contributed by atoms with van der Waals surface area (Å²) in [6.07, 6.45) is 2.77. The van der Waals surface area contributed by atoms with Crippen LogP contribution in [-0.2, 0) is 10.0 Å². The van der Waals surface area contributed by atoms with Gasteiger partial charge in [0.2, 0.25) is 10.0 Å². The van der Waals surface area contributed by atoms with Crippen molar-refractivity contribution < 1.29 is 13.2 Å². The first-order valence-electron chi connectivity index (χ1n) is 7.69. The number of carbonyl (C=O) groups is 1. The van der Waals surface area contributed by atoms with Gasteiger partial charge in [-0.25, -0.2) is 17.7 Å². The standard InChI is InChI=1S/C14H20N6O3S/c1-9(2)11-7-19(8-12(11)16-24(3,22)23)14(21)10-4-5-20-13(6-10)15-17-18-20/h4-6,9,11-12,16H,7-8H2,1-3H3/t11-,12+/m0/s1. The minimum Gasteiger partial charge on any atom is -0.337 e. The van der Waals surface area contributed by atoms with Gasteiger partial charge in [-0.3, -0.25) is 4.79 Å². The quantitative estimate of drug-likeness (QED) is 0.814. The van der Waals surface area contributed by atoms with Gasteiger partial charge in [0.05, 0.1) is 6.26 Å². The van der Waals surface area contributed by atoms with E-state index in [0.717, 1.165) is 6.26 Å². The van der Waals surface area contributed by atoms with Crippen molar-refractivity contribution in [3.8, 4) is 0 Å². The average molecular weight is 352 g/mol. The number of sulfonamides is 1. The number of pyridine rings is 1. The predicted molar refractivity (Wildman–Crippen MR) is 86.8 cm³/mol. The van der Waals surface area contributed by atoms with Crippen LogP contribution in [-0.4, -0.2) is 64.7 Å². The molecule has 1 fully saturated rings. The second kappa shape index (κ2) is 6.10. The van der Waals surface area contributed by atoms with Gasteiger partial charge in [-0.2, -0.15) is 0 Å². The fourth-order valence-corrected chi connectivity index (χ4v) is 3.92. The molecule has 0 bridgehead atoms. The third-order valence-electron chi connectivity index (χ3n) is 4.32. The van der Waals surface area contributed by atoms with Crippen molar-refractivity contribution in [3.05, 3.63) is 23.9 Å². The predicted octanol–water partition coefficient (Wildman–Crippen LogP) is -0.230. The second-order valence-corrected chi connectivity index (χ2v) is 8.29. The van der Waals surface area contributed by atoms with Crippen LogP contribution in [0.1, 0.15) is 24.2 Å². The van der Waals surface area contributed by atoms with Crippen molar-refractivity contribution >= 4 is 21.6 Å². The summed E-state index contributed by atoms with van der Waals surface area (Å²) in [5.41, 5.74) is 0.978. The van der Waals surface area contributed by atoms with E-state index in [4.69, 9.17) is 0 Å². The van der Waals surface area contributed by atoms with Gasteiger partial charge in [0, 0.05) is 30.9 Å². The molecule has 2 aromatic rings. The van der Waals surface area contributed by atoms with Crippen LogP contribution in [0.5, 0.6) is 0 Å². The highest BCUT2D eigenvalue weighted by Crippen LogP contribution is 2.26. The summed E-state index contributed by atoms with van der Waals surface area (Å²) in [5, 5.41) is 11.1. The maximum atomic E-state index is 12.8. The lowest BCUT2D eigenvalue weighted by Crippen LogP contribution is -2.41. The minimum absolute atomic E-state index is 0.0714. The lowest BCUT2D eigenvalue weighted by Gasteiger charge is -2.21. The van der Waals surface area contributed by atoms with Gasteiger partial charge in [-0.1, -0.05) is 13.8 Å². The first-order valence-corrected chi connectivity index (χ1v) is 9.58. The smallest absolute Gasteiger partial charge is 0.254 e. The molecule has 0 saturated carbocycles. The number of aromatic nitrogens is 4. The molecule has 0 spiro atoms. The number of nitrogens with zero attached hydrogens (tertiary/aromatic N) is 5. The van der Waals surface area contributed by atoms with Crippen molar-refractivity contribution in [2.24, 2.45) is 11.8 Å². The Morgan fingerprint density at radius 2 is 2.12 bits per heavy atom. The number of rotatable bonds is 4. The number of tetrazole rings is 1. The molecule has 9 nitrogen and oxygen atoms in total. The van der Waals surface area contributed by atoms with E-state index in [1.54, 1.807) is 23.2 Å². The Hall–Kier alpha value is -2.07. The van der Waals surface area contributed by atoms with E-state index in [-0.39, 0.29) is 23.8 Å². The number of carbonyl (C=O) groups excluding carboxylic acids is 1. The molecule has 3 rings (SSSR count). The van der Waals surface area contributed by atoms with Gasteiger partial charge in [0.15, 0.2) is 5.65 Å². The topological polar surface area (TPSA) is 110 Å². The van der Waals surface area contributed by atoms with E-state index in [1.807, 2.05) is 13.8 Å². The number of likely N-dealkylation sites (tertiary alicyclic amines) is 1. The van der Waals surface area contributed by atoms with Crippen molar-refractivity contribution in [1.82, 2.24) is 29.7 Å². The molecule has 1 saturated heterocycles. The number of hydrogen-bond donors (Lipinski definition) is 1. The van der Waals surface area contributed by atoms with Crippen molar-refractivity contribution in [2.45, 2.75) is 19.9 Å². The van der Waals surface area contributed by atoms with Crippen LogP contribution in [0.15, 0.2) is 18.3 Å². The summed E-state index contributed by atoms with van der Waals surface area (Å²) in [5.74, 6) is 0.177. The van der Waals surface area contributed by atoms with Crippen molar-refractivity contribution in [2.75, 3.05) is 19.3 Å². The summed E-state index contributed by atoms with van der Waals surface area (Å²) >= 11 is 0. The minimum atomic E-state index is -3.33. The summed E-state index contributed by atoms with van der Waals surface area (Å²) in [7, 11) is -3.33. The van der Waals surface area contributed by atoms with E-state index in [9.17, 15) is 13.2 Å². The molecule has 0 aliphatic carbocycles. The van der Waals surface area contributed by atoms with E-state index >= 15 is 0 Å². The third kappa shape index (κ3) is 3.39. The number of nitrogens with one attached hydrogen (secondary N) is 1. The Bertz CT molecular complexity index is 862. The highest BCUT2D eigenvalue weighted by molar-refractivity contribution is 7.88. The zero-order valence-corrected chi connectivity index (χ0v) is 14.6. The Kier molecular flexibility index (Phi) is 4.26. The molecular formula is C14H20N6O3S. The fourth-order valence-electron chi connectivity index (χ4n) is 3.13. The molecule has 3 heterocycles. The molecule has 2 aromatic heterocycles. The van der Waals surface area contributed by atoms with Gasteiger partial charge in [0.25, 0.3) is 5.91 Å². The molecule has 1 N–H and O–H groups in total. The van der Waals surface area contributed by atoms with Gasteiger partial charge in [0.1, 0.15) is 0 Å². The molecular weight excluding hydrogens is 332 g/mol. The SMILES string of the molecule is CC(C)[C@@H]1CN(C(=O)c2ccn3nnnc3c2)C[C@H]1NS(C)(=O)=O. The van der Waals surface area contributed by atoms with E-state index in [1.165, 1.54) is 4.52 Å². The number of fused-ring (bicyclic) bond motifs is 1. The van der Waals surface area contributed by atoms with Crippen LogP contribution in [0, 0.1) is 11.8 Å². The van der Waals surface area contributed by atoms with E-state index < -0.39 is 10.0 Å². The van der Waals surface area contributed by atoms with Gasteiger partial charge >= 0.3 is 0 Å². The van der Waals surface area contributed by atoms with E-state index in [2.05, 4.69) is 20.2 Å². The molecule has 2 atom stereocenters. The van der Waals surface area contributed by atoms with Crippen LogP contribution in [0.2, 0.25) is 0 Å². The molecule has 0 aromatic carbocycles. The van der Waals surface area contributed by atoms with Gasteiger partial charge in [-0.15, -0.1) is 5.10 Å². The zero-order valence-electron chi connectivity index (χ0n) is 13.7. The Morgan fingerprint density at radius 3 is 2.79 bits per heavy atom. The molecule has 1 aliphatic rings. The fraction of sp³-hybridized carbons (Fsp3) is 0.571. The highest BCUT2D eigenvalue weighted by Gasteiger charge is 2.38. The van der Waals surface area contributed by atoms with Crippen LogP contribution >= 0.6 is 0 Å². The summed E-state index contributed by atoms with van der Waals surface area (Å²) in [6, 6.07) is 3.01. The monoisotopic (exact) mass is 352 g/mol. The largest absolute Gasteiger partial charge is 0.337 e. The van der Waals surface area contributed by atoms with Crippen molar-refractivity contribution in [1.29, 1.82) is 0 Å². The average Bonchev–Trinajstić information content (AvgIpc) is 3.10. The Balaban J connectivity index is 1.82. The number of hydrogen-bond acceptors (Lipinski definition) is 6. The van der Waals surface area contributed by atoms with Crippen LogP contribution < -0.4 is 4.72 Å². The maximum Gasteiger partial charge on any atom is 0.254 e. The van der Waals surface area contributed by atoms with Crippen molar-refractivity contribution in [3.63, 3.8) is 0 Å². The molecule has 1 aliphatic heterocycles. The molecule has 24 heavy (non-hydrogen) atoms. The van der Waals surface area contributed by atoms with Crippen LogP contribution in [0.4, 0.5) is 0 Å². The molecule has 130 valence electrons. The second-order valence-electron chi connectivity index (χ2n) is 6.51.